The molecule has 13 heavy (non-hydrogen) atoms. The highest BCUT2D eigenvalue weighted by Crippen LogP contribution is 2.43. The second kappa shape index (κ2) is 2.60. The summed E-state index contributed by atoms with van der Waals surface area (Å²) in [4.78, 5) is 1.87. The monoisotopic (exact) mass is 194 g/mol. The third kappa shape index (κ3) is 1.17. The molecule has 2 atom stereocenters. The largest absolute Gasteiger partial charge is 0.407 e. The molecule has 2 fully saturated rings. The first-order chi connectivity index (χ1) is 5.95. The van der Waals surface area contributed by atoms with Crippen LogP contribution in [0.1, 0.15) is 19.3 Å². The Morgan fingerprint density at radius 2 is 2.00 bits per heavy atom. The number of alkyl halides is 3. The molecule has 0 aromatic rings. The third-order valence-electron chi connectivity index (χ3n) is 3.30. The third-order valence-corrected chi connectivity index (χ3v) is 3.30. The minimum atomic E-state index is -4.25. The maximum atomic E-state index is 12.6. The van der Waals surface area contributed by atoms with Crippen molar-refractivity contribution < 1.29 is 13.2 Å². The molecule has 0 aromatic heterocycles. The van der Waals surface area contributed by atoms with Crippen LogP contribution >= 0.6 is 0 Å². The summed E-state index contributed by atoms with van der Waals surface area (Å²) in [6.07, 6.45) is -2.76. The van der Waals surface area contributed by atoms with E-state index in [1.54, 1.807) is 0 Å². The van der Waals surface area contributed by atoms with E-state index in [0.29, 0.717) is 13.0 Å². The van der Waals surface area contributed by atoms with E-state index in [0.717, 1.165) is 13.0 Å². The first-order valence-corrected chi connectivity index (χ1v) is 4.55. The van der Waals surface area contributed by atoms with Crippen molar-refractivity contribution in [3.63, 3.8) is 0 Å². The number of nitrogens with zero attached hydrogens (tertiary/aromatic N) is 1. The Balaban J connectivity index is 2.24. The summed E-state index contributed by atoms with van der Waals surface area (Å²) in [7, 11) is 0. The summed E-state index contributed by atoms with van der Waals surface area (Å²) in [5.74, 6) is 0. The van der Waals surface area contributed by atoms with Gasteiger partial charge in [-0.3, -0.25) is 4.90 Å². The van der Waals surface area contributed by atoms with Gasteiger partial charge in [0.25, 0.3) is 0 Å². The molecular formula is C8H13F3N2. The molecule has 2 aliphatic heterocycles. The molecular weight excluding hydrogens is 181 g/mol. The summed E-state index contributed by atoms with van der Waals surface area (Å²) in [6, 6.07) is -0.465. The Labute approximate surface area is 74.9 Å². The van der Waals surface area contributed by atoms with Gasteiger partial charge in [0.15, 0.2) is 0 Å². The van der Waals surface area contributed by atoms with Crippen LogP contribution in [0, 0.1) is 0 Å². The van der Waals surface area contributed by atoms with Gasteiger partial charge in [-0.15, -0.1) is 0 Å². The standard InChI is InChI=1S/C8H13F3N2/c9-8(10,11)7(12)3-5-13-4-1-2-6(7)13/h6H,1-5,12H2. The predicted molar refractivity (Wildman–Crippen MR) is 42.2 cm³/mol. The van der Waals surface area contributed by atoms with Crippen molar-refractivity contribution in [2.75, 3.05) is 13.1 Å². The minimum absolute atomic E-state index is 0.0567. The van der Waals surface area contributed by atoms with Crippen LogP contribution in [0.3, 0.4) is 0 Å². The van der Waals surface area contributed by atoms with E-state index >= 15 is 0 Å². The fraction of sp³-hybridized carbons (Fsp3) is 1.00. The number of fused-ring (bicyclic) bond motifs is 1. The molecule has 2 heterocycles. The van der Waals surface area contributed by atoms with E-state index in [2.05, 4.69) is 0 Å². The highest BCUT2D eigenvalue weighted by molar-refractivity contribution is 5.09. The molecule has 0 aromatic carbocycles. The molecule has 5 heteroatoms. The molecule has 2 aliphatic rings. The Morgan fingerprint density at radius 1 is 1.31 bits per heavy atom. The van der Waals surface area contributed by atoms with E-state index < -0.39 is 17.8 Å². The van der Waals surface area contributed by atoms with Gasteiger partial charge in [0.2, 0.25) is 0 Å². The van der Waals surface area contributed by atoms with Crippen LogP contribution in [0.4, 0.5) is 13.2 Å². The maximum absolute atomic E-state index is 12.6. The van der Waals surface area contributed by atoms with Crippen LogP contribution in [-0.4, -0.2) is 35.7 Å². The summed E-state index contributed by atoms with van der Waals surface area (Å²) in [6.45, 7) is 1.28. The number of hydrogen-bond donors (Lipinski definition) is 1. The highest BCUT2D eigenvalue weighted by atomic mass is 19.4. The van der Waals surface area contributed by atoms with Gasteiger partial charge in [0.05, 0.1) is 0 Å². The minimum Gasteiger partial charge on any atom is -0.316 e. The van der Waals surface area contributed by atoms with Gasteiger partial charge < -0.3 is 5.73 Å². The second-order valence-electron chi connectivity index (χ2n) is 3.98. The zero-order valence-electron chi connectivity index (χ0n) is 7.27. The van der Waals surface area contributed by atoms with Crippen LogP contribution in [-0.2, 0) is 0 Å². The van der Waals surface area contributed by atoms with Crippen LogP contribution in [0.5, 0.6) is 0 Å². The lowest BCUT2D eigenvalue weighted by Crippen LogP contribution is -2.60. The van der Waals surface area contributed by atoms with E-state index in [4.69, 9.17) is 5.73 Å². The first-order valence-electron chi connectivity index (χ1n) is 4.55. The van der Waals surface area contributed by atoms with Crippen molar-refractivity contribution in [1.29, 1.82) is 0 Å². The van der Waals surface area contributed by atoms with Gasteiger partial charge in [0, 0.05) is 12.6 Å². The Morgan fingerprint density at radius 3 is 2.62 bits per heavy atom. The molecule has 0 spiro atoms. The fourth-order valence-corrected chi connectivity index (χ4v) is 2.50. The van der Waals surface area contributed by atoms with E-state index in [-0.39, 0.29) is 6.42 Å². The maximum Gasteiger partial charge on any atom is 0.407 e. The lowest BCUT2D eigenvalue weighted by atomic mass is 9.89. The molecule has 0 bridgehead atoms. The molecule has 2 N–H and O–H groups in total. The lowest BCUT2D eigenvalue weighted by molar-refractivity contribution is -0.190. The SMILES string of the molecule is NC1(C(F)(F)F)CCN2CCCC21. The average molecular weight is 194 g/mol. The zero-order chi connectivity index (χ0) is 9.69. The van der Waals surface area contributed by atoms with E-state index in [9.17, 15) is 13.2 Å². The number of halogens is 3. The highest BCUT2D eigenvalue weighted by Gasteiger charge is 2.61. The van der Waals surface area contributed by atoms with Crippen molar-refractivity contribution in [1.82, 2.24) is 4.90 Å². The molecule has 0 saturated carbocycles. The number of nitrogens with two attached hydrogens (primary N) is 1. The van der Waals surface area contributed by atoms with Crippen LogP contribution in [0.25, 0.3) is 0 Å². The van der Waals surface area contributed by atoms with Crippen molar-refractivity contribution in [2.45, 2.75) is 37.0 Å². The van der Waals surface area contributed by atoms with Crippen molar-refractivity contribution >= 4 is 0 Å². The van der Waals surface area contributed by atoms with Crippen molar-refractivity contribution in [2.24, 2.45) is 5.73 Å². The topological polar surface area (TPSA) is 29.3 Å². The molecule has 0 amide bonds. The van der Waals surface area contributed by atoms with Crippen molar-refractivity contribution in [3.05, 3.63) is 0 Å². The number of hydrogen-bond acceptors (Lipinski definition) is 2. The summed E-state index contributed by atoms with van der Waals surface area (Å²) >= 11 is 0. The van der Waals surface area contributed by atoms with Crippen LogP contribution in [0.15, 0.2) is 0 Å². The normalized spacial score (nSPS) is 41.1. The van der Waals surface area contributed by atoms with Gasteiger partial charge >= 0.3 is 6.18 Å². The van der Waals surface area contributed by atoms with Gasteiger partial charge in [-0.1, -0.05) is 0 Å². The number of rotatable bonds is 0. The Bertz CT molecular complexity index is 216. The van der Waals surface area contributed by atoms with Gasteiger partial charge in [-0.25, -0.2) is 0 Å². The zero-order valence-corrected chi connectivity index (χ0v) is 7.27. The van der Waals surface area contributed by atoms with E-state index in [1.165, 1.54) is 0 Å². The molecule has 2 rings (SSSR count). The van der Waals surface area contributed by atoms with Crippen LogP contribution in [0.2, 0.25) is 0 Å². The van der Waals surface area contributed by atoms with Gasteiger partial charge in [-0.05, 0) is 25.8 Å². The van der Waals surface area contributed by atoms with Gasteiger partial charge in [0.1, 0.15) is 5.54 Å². The first kappa shape index (κ1) is 9.27. The Hall–Kier alpha value is -0.290. The average Bonchev–Trinajstić information content (AvgIpc) is 2.52. The molecule has 2 saturated heterocycles. The molecule has 2 unspecified atom stereocenters. The fourth-order valence-electron chi connectivity index (χ4n) is 2.50. The lowest BCUT2D eigenvalue weighted by Gasteiger charge is -2.33. The van der Waals surface area contributed by atoms with Gasteiger partial charge in [-0.2, -0.15) is 13.2 Å². The predicted octanol–water partition coefficient (Wildman–Crippen LogP) is 1.11. The molecule has 0 radical (unpaired) electrons. The molecule has 0 aliphatic carbocycles. The van der Waals surface area contributed by atoms with E-state index in [1.807, 2.05) is 4.90 Å². The quantitative estimate of drug-likeness (QED) is 0.626. The molecule has 76 valence electrons. The summed E-state index contributed by atoms with van der Waals surface area (Å²) in [5, 5.41) is 0. The second-order valence-corrected chi connectivity index (χ2v) is 3.98. The Kier molecular flexibility index (Phi) is 1.86. The molecule has 2 nitrogen and oxygen atoms in total. The summed E-state index contributed by atoms with van der Waals surface area (Å²) < 4.78 is 37.9. The summed E-state index contributed by atoms with van der Waals surface area (Å²) in [5.41, 5.74) is 3.51. The smallest absolute Gasteiger partial charge is 0.316 e. The van der Waals surface area contributed by atoms with Crippen molar-refractivity contribution in [3.8, 4) is 0 Å². The van der Waals surface area contributed by atoms with Crippen LogP contribution < -0.4 is 5.73 Å².